The molecule has 4 heteroatoms. The van der Waals surface area contributed by atoms with Gasteiger partial charge < -0.3 is 14.8 Å². The summed E-state index contributed by atoms with van der Waals surface area (Å²) >= 11 is 6.33. The minimum absolute atomic E-state index is 0.550. The van der Waals surface area contributed by atoms with Crippen LogP contribution in [0.15, 0.2) is 12.1 Å². The highest BCUT2D eigenvalue weighted by Gasteiger charge is 2.27. The lowest BCUT2D eigenvalue weighted by Gasteiger charge is -2.16. The summed E-state index contributed by atoms with van der Waals surface area (Å²) in [6.07, 6.45) is 2.68. The van der Waals surface area contributed by atoms with Crippen molar-refractivity contribution in [3.8, 4) is 11.5 Å². The Morgan fingerprint density at radius 2 is 2.06 bits per heavy atom. The Balaban J connectivity index is 2.07. The van der Waals surface area contributed by atoms with Crippen LogP contribution in [0, 0.1) is 5.92 Å². The maximum atomic E-state index is 6.33. The predicted molar refractivity (Wildman–Crippen MR) is 73.6 cm³/mol. The van der Waals surface area contributed by atoms with Crippen molar-refractivity contribution in [1.82, 2.24) is 5.32 Å². The highest BCUT2D eigenvalue weighted by atomic mass is 35.5. The highest BCUT2D eigenvalue weighted by molar-refractivity contribution is 6.33. The molecule has 0 saturated heterocycles. The lowest BCUT2D eigenvalue weighted by atomic mass is 10.1. The Bertz CT molecular complexity index is 419. The fraction of sp³-hybridized carbons (Fsp3) is 0.571. The third-order valence-electron chi connectivity index (χ3n) is 3.51. The molecule has 1 aliphatic carbocycles. The predicted octanol–water partition coefficient (Wildman–Crippen LogP) is 3.25. The average Bonchev–Trinajstić information content (AvgIpc) is 3.20. The molecule has 1 aromatic rings. The summed E-state index contributed by atoms with van der Waals surface area (Å²) in [5, 5.41) is 4.14. The number of ether oxygens (including phenoxy) is 2. The maximum absolute atomic E-state index is 6.33. The molecule has 1 fully saturated rings. The minimum Gasteiger partial charge on any atom is -0.493 e. The van der Waals surface area contributed by atoms with Crippen LogP contribution in [0.4, 0.5) is 0 Å². The van der Waals surface area contributed by atoms with Crippen molar-refractivity contribution in [1.29, 1.82) is 0 Å². The summed E-state index contributed by atoms with van der Waals surface area (Å²) in [5.74, 6) is 2.11. The first-order valence-electron chi connectivity index (χ1n) is 6.30. The number of hydrogen-bond acceptors (Lipinski definition) is 3. The van der Waals surface area contributed by atoms with Crippen molar-refractivity contribution in [2.45, 2.75) is 32.4 Å². The molecule has 0 amide bonds. The standard InChI is InChI=1S/C14H20ClNO2/c1-9(10-4-5-10)16-8-11-6-7-12(17-2)14(18-3)13(11)15/h6-7,9-10,16H,4-5,8H2,1-3H3. The van der Waals surface area contributed by atoms with Gasteiger partial charge in [0.1, 0.15) is 0 Å². The van der Waals surface area contributed by atoms with Crippen LogP contribution >= 0.6 is 11.6 Å². The Hall–Kier alpha value is -0.930. The van der Waals surface area contributed by atoms with Gasteiger partial charge in [0.15, 0.2) is 11.5 Å². The lowest BCUT2D eigenvalue weighted by Crippen LogP contribution is -2.27. The number of nitrogens with one attached hydrogen (secondary N) is 1. The largest absolute Gasteiger partial charge is 0.493 e. The first kappa shape index (κ1) is 13.5. The van der Waals surface area contributed by atoms with Crippen molar-refractivity contribution in [3.63, 3.8) is 0 Å². The number of rotatable bonds is 6. The van der Waals surface area contributed by atoms with Crippen LogP contribution in [0.3, 0.4) is 0 Å². The molecule has 0 bridgehead atoms. The first-order valence-corrected chi connectivity index (χ1v) is 6.68. The molecule has 2 rings (SSSR count). The van der Waals surface area contributed by atoms with Crippen molar-refractivity contribution in [3.05, 3.63) is 22.7 Å². The molecule has 1 atom stereocenters. The SMILES string of the molecule is COc1ccc(CNC(C)C2CC2)c(Cl)c1OC. The van der Waals surface area contributed by atoms with Gasteiger partial charge in [0.05, 0.1) is 19.2 Å². The number of methoxy groups -OCH3 is 2. The van der Waals surface area contributed by atoms with Crippen LogP contribution in [0.25, 0.3) is 0 Å². The van der Waals surface area contributed by atoms with E-state index in [4.69, 9.17) is 21.1 Å². The summed E-state index contributed by atoms with van der Waals surface area (Å²) in [7, 11) is 3.22. The van der Waals surface area contributed by atoms with Crippen molar-refractivity contribution >= 4 is 11.6 Å². The minimum atomic E-state index is 0.550. The van der Waals surface area contributed by atoms with Crippen LogP contribution in [0.2, 0.25) is 5.02 Å². The van der Waals surface area contributed by atoms with Gasteiger partial charge in [0, 0.05) is 12.6 Å². The highest BCUT2D eigenvalue weighted by Crippen LogP contribution is 2.37. The zero-order valence-corrected chi connectivity index (χ0v) is 11.9. The fourth-order valence-electron chi connectivity index (χ4n) is 2.10. The molecule has 0 spiro atoms. The van der Waals surface area contributed by atoms with Gasteiger partial charge in [-0.05, 0) is 37.3 Å². The van der Waals surface area contributed by atoms with E-state index in [1.165, 1.54) is 12.8 Å². The van der Waals surface area contributed by atoms with Gasteiger partial charge in [0.25, 0.3) is 0 Å². The van der Waals surface area contributed by atoms with Gasteiger partial charge in [0.2, 0.25) is 0 Å². The van der Waals surface area contributed by atoms with Gasteiger partial charge in [-0.25, -0.2) is 0 Å². The monoisotopic (exact) mass is 269 g/mol. The van der Waals surface area contributed by atoms with E-state index in [9.17, 15) is 0 Å². The van der Waals surface area contributed by atoms with Crippen molar-refractivity contribution < 1.29 is 9.47 Å². The topological polar surface area (TPSA) is 30.5 Å². The molecule has 18 heavy (non-hydrogen) atoms. The molecule has 1 N–H and O–H groups in total. The van der Waals surface area contributed by atoms with E-state index in [0.717, 1.165) is 18.0 Å². The third kappa shape index (κ3) is 2.90. The van der Waals surface area contributed by atoms with Crippen molar-refractivity contribution in [2.75, 3.05) is 14.2 Å². The summed E-state index contributed by atoms with van der Waals surface area (Å²) in [6, 6.07) is 4.42. The van der Waals surface area contributed by atoms with Crippen LogP contribution in [-0.4, -0.2) is 20.3 Å². The van der Waals surface area contributed by atoms with Crippen LogP contribution < -0.4 is 14.8 Å². The second kappa shape index (κ2) is 5.81. The quantitative estimate of drug-likeness (QED) is 0.860. The van der Waals surface area contributed by atoms with Gasteiger partial charge in [-0.15, -0.1) is 0 Å². The van der Waals surface area contributed by atoms with Gasteiger partial charge >= 0.3 is 0 Å². The smallest absolute Gasteiger partial charge is 0.179 e. The van der Waals surface area contributed by atoms with Gasteiger partial charge in [-0.2, -0.15) is 0 Å². The lowest BCUT2D eigenvalue weighted by molar-refractivity contribution is 0.354. The number of halogens is 1. The van der Waals surface area contributed by atoms with Crippen LogP contribution in [-0.2, 0) is 6.54 Å². The Morgan fingerprint density at radius 1 is 1.33 bits per heavy atom. The average molecular weight is 270 g/mol. The summed E-state index contributed by atoms with van der Waals surface area (Å²) in [4.78, 5) is 0. The van der Waals surface area contributed by atoms with E-state index in [2.05, 4.69) is 12.2 Å². The van der Waals surface area contributed by atoms with E-state index < -0.39 is 0 Å². The molecule has 1 aromatic carbocycles. The van der Waals surface area contributed by atoms with Crippen LogP contribution in [0.1, 0.15) is 25.3 Å². The summed E-state index contributed by atoms with van der Waals surface area (Å²) < 4.78 is 10.5. The van der Waals surface area contributed by atoms with Gasteiger partial charge in [-0.3, -0.25) is 0 Å². The molecule has 0 aromatic heterocycles. The van der Waals surface area contributed by atoms with Gasteiger partial charge in [-0.1, -0.05) is 17.7 Å². The Labute approximate surface area is 113 Å². The molecular weight excluding hydrogens is 250 g/mol. The molecule has 0 heterocycles. The molecule has 0 aliphatic heterocycles. The second-order valence-corrected chi connectivity index (χ2v) is 5.16. The summed E-state index contributed by atoms with van der Waals surface area (Å²) in [5.41, 5.74) is 1.04. The molecule has 1 saturated carbocycles. The number of hydrogen-bond donors (Lipinski definition) is 1. The first-order chi connectivity index (χ1) is 8.67. The fourth-order valence-corrected chi connectivity index (χ4v) is 2.40. The van der Waals surface area contributed by atoms with E-state index in [-0.39, 0.29) is 0 Å². The Kier molecular flexibility index (Phi) is 4.36. The normalized spacial score (nSPS) is 16.4. The summed E-state index contributed by atoms with van der Waals surface area (Å²) in [6.45, 7) is 2.99. The maximum Gasteiger partial charge on any atom is 0.179 e. The van der Waals surface area contributed by atoms with E-state index in [1.54, 1.807) is 14.2 Å². The molecule has 0 radical (unpaired) electrons. The third-order valence-corrected chi connectivity index (χ3v) is 3.92. The molecular formula is C14H20ClNO2. The van der Waals surface area contributed by atoms with E-state index in [1.807, 2.05) is 12.1 Å². The Morgan fingerprint density at radius 3 is 2.61 bits per heavy atom. The van der Waals surface area contributed by atoms with E-state index >= 15 is 0 Å². The molecule has 3 nitrogen and oxygen atoms in total. The van der Waals surface area contributed by atoms with Crippen molar-refractivity contribution in [2.24, 2.45) is 5.92 Å². The van der Waals surface area contributed by atoms with Crippen LogP contribution in [0.5, 0.6) is 11.5 Å². The zero-order valence-electron chi connectivity index (χ0n) is 11.1. The molecule has 1 unspecified atom stereocenters. The second-order valence-electron chi connectivity index (χ2n) is 4.78. The molecule has 100 valence electrons. The molecule has 1 aliphatic rings. The number of benzene rings is 1. The zero-order chi connectivity index (χ0) is 13.1. The van der Waals surface area contributed by atoms with E-state index in [0.29, 0.717) is 22.6 Å².